The first-order valence-corrected chi connectivity index (χ1v) is 7.47. The van der Waals surface area contributed by atoms with Crippen molar-refractivity contribution in [1.29, 1.82) is 0 Å². The van der Waals surface area contributed by atoms with Crippen LogP contribution in [0.3, 0.4) is 0 Å². The summed E-state index contributed by atoms with van der Waals surface area (Å²) in [4.78, 5) is 11.1. The zero-order valence-corrected chi connectivity index (χ0v) is 10.5. The third-order valence-electron chi connectivity index (χ3n) is 2.74. The van der Waals surface area contributed by atoms with Crippen LogP contribution in [0.4, 0.5) is 0 Å². The lowest BCUT2D eigenvalue weighted by atomic mass is 10.2. The molecule has 0 aliphatic carbocycles. The summed E-state index contributed by atoms with van der Waals surface area (Å²) in [5.41, 5.74) is 0. The molecule has 5 nitrogen and oxygen atoms in total. The van der Waals surface area contributed by atoms with E-state index >= 15 is 0 Å². The summed E-state index contributed by atoms with van der Waals surface area (Å²) in [7, 11) is -2.86. The molecule has 6 heteroatoms. The van der Waals surface area contributed by atoms with Crippen molar-refractivity contribution >= 4 is 15.7 Å². The van der Waals surface area contributed by atoms with Gasteiger partial charge < -0.3 is 10.6 Å². The lowest BCUT2D eigenvalue weighted by molar-refractivity contribution is -0.120. The van der Waals surface area contributed by atoms with Crippen LogP contribution in [0.15, 0.2) is 0 Å². The molecule has 1 rings (SSSR count). The van der Waals surface area contributed by atoms with Gasteiger partial charge in [0.2, 0.25) is 5.91 Å². The second-order valence-corrected chi connectivity index (χ2v) is 6.44. The van der Waals surface area contributed by atoms with Crippen LogP contribution in [0, 0.1) is 0 Å². The Hall–Kier alpha value is -0.620. The Morgan fingerprint density at radius 1 is 1.44 bits per heavy atom. The minimum absolute atomic E-state index is 0.00396. The van der Waals surface area contributed by atoms with Crippen LogP contribution in [-0.4, -0.2) is 45.0 Å². The molecule has 0 bridgehead atoms. The molecule has 1 saturated heterocycles. The van der Waals surface area contributed by atoms with Gasteiger partial charge in [-0.25, -0.2) is 8.42 Å². The average Bonchev–Trinajstić information content (AvgIpc) is 2.53. The summed E-state index contributed by atoms with van der Waals surface area (Å²) in [6.45, 7) is 3.52. The van der Waals surface area contributed by atoms with Gasteiger partial charge in [-0.3, -0.25) is 4.79 Å². The molecule has 0 aromatic heterocycles. The van der Waals surface area contributed by atoms with Crippen LogP contribution in [0.5, 0.6) is 0 Å². The van der Waals surface area contributed by atoms with Gasteiger partial charge in [-0.1, -0.05) is 0 Å². The maximum absolute atomic E-state index is 11.5. The number of hydrogen-bond donors (Lipinski definition) is 2. The SMILES string of the molecule is CCNC(=O)CCNCC1CCCS1(=O)=O. The van der Waals surface area contributed by atoms with Crippen molar-refractivity contribution in [3.05, 3.63) is 0 Å². The number of carbonyl (C=O) groups is 1. The maximum atomic E-state index is 11.5. The number of nitrogens with one attached hydrogen (secondary N) is 2. The monoisotopic (exact) mass is 248 g/mol. The van der Waals surface area contributed by atoms with E-state index in [-0.39, 0.29) is 11.2 Å². The van der Waals surface area contributed by atoms with Crippen LogP contribution in [0.1, 0.15) is 26.2 Å². The Kier molecular flexibility index (Phi) is 5.21. The lowest BCUT2D eigenvalue weighted by Crippen LogP contribution is -2.33. The van der Waals surface area contributed by atoms with Gasteiger partial charge in [0.15, 0.2) is 9.84 Å². The number of carbonyl (C=O) groups excluding carboxylic acids is 1. The molecule has 0 saturated carbocycles. The van der Waals surface area contributed by atoms with Crippen molar-refractivity contribution in [3.63, 3.8) is 0 Å². The molecule has 1 heterocycles. The highest BCUT2D eigenvalue weighted by molar-refractivity contribution is 7.92. The van der Waals surface area contributed by atoms with Gasteiger partial charge in [0.1, 0.15) is 0 Å². The first-order chi connectivity index (χ1) is 7.56. The van der Waals surface area contributed by atoms with Gasteiger partial charge in [0.25, 0.3) is 0 Å². The van der Waals surface area contributed by atoms with Crippen molar-refractivity contribution in [2.75, 3.05) is 25.4 Å². The predicted molar refractivity (Wildman–Crippen MR) is 63.0 cm³/mol. The molecule has 0 spiro atoms. The van der Waals surface area contributed by atoms with Crippen molar-refractivity contribution in [2.45, 2.75) is 31.4 Å². The largest absolute Gasteiger partial charge is 0.356 e. The summed E-state index contributed by atoms with van der Waals surface area (Å²) in [5.74, 6) is 0.319. The first kappa shape index (κ1) is 13.4. The fourth-order valence-electron chi connectivity index (χ4n) is 1.84. The number of rotatable bonds is 6. The van der Waals surface area contributed by atoms with E-state index in [4.69, 9.17) is 0 Å². The van der Waals surface area contributed by atoms with Gasteiger partial charge in [0.05, 0.1) is 11.0 Å². The molecule has 1 aliphatic heterocycles. The zero-order chi connectivity index (χ0) is 12.0. The first-order valence-electron chi connectivity index (χ1n) is 5.75. The second kappa shape index (κ2) is 6.20. The standard InChI is InChI=1S/C10H20N2O3S/c1-2-12-10(13)5-6-11-8-9-4-3-7-16(9,14)15/h9,11H,2-8H2,1H3,(H,12,13). The summed E-state index contributed by atoms with van der Waals surface area (Å²) in [5, 5.41) is 5.48. The van der Waals surface area contributed by atoms with Gasteiger partial charge in [-0.15, -0.1) is 0 Å². The molecule has 16 heavy (non-hydrogen) atoms. The Balaban J connectivity index is 2.14. The summed E-state index contributed by atoms with van der Waals surface area (Å²) < 4.78 is 22.9. The number of amides is 1. The van der Waals surface area contributed by atoms with E-state index in [2.05, 4.69) is 10.6 Å². The molecule has 1 unspecified atom stereocenters. The molecule has 2 N–H and O–H groups in total. The highest BCUT2D eigenvalue weighted by Gasteiger charge is 2.30. The van der Waals surface area contributed by atoms with Crippen LogP contribution in [0.25, 0.3) is 0 Å². The van der Waals surface area contributed by atoms with Crippen LogP contribution in [-0.2, 0) is 14.6 Å². The smallest absolute Gasteiger partial charge is 0.221 e. The van der Waals surface area contributed by atoms with Gasteiger partial charge in [-0.2, -0.15) is 0 Å². The van der Waals surface area contributed by atoms with E-state index in [0.29, 0.717) is 31.8 Å². The molecule has 1 aliphatic rings. The minimum Gasteiger partial charge on any atom is -0.356 e. The minimum atomic E-state index is -2.86. The van der Waals surface area contributed by atoms with Crippen LogP contribution < -0.4 is 10.6 Å². The molecular weight excluding hydrogens is 228 g/mol. The third-order valence-corrected chi connectivity index (χ3v) is 5.01. The Morgan fingerprint density at radius 2 is 2.19 bits per heavy atom. The van der Waals surface area contributed by atoms with E-state index in [1.165, 1.54) is 0 Å². The Bertz CT molecular complexity index is 327. The second-order valence-electron chi connectivity index (χ2n) is 4.04. The molecule has 0 aromatic carbocycles. The highest BCUT2D eigenvalue weighted by atomic mass is 32.2. The maximum Gasteiger partial charge on any atom is 0.221 e. The fraction of sp³-hybridized carbons (Fsp3) is 0.900. The van der Waals surface area contributed by atoms with Crippen molar-refractivity contribution < 1.29 is 13.2 Å². The molecular formula is C10H20N2O3S. The van der Waals surface area contributed by atoms with Crippen molar-refractivity contribution in [3.8, 4) is 0 Å². The van der Waals surface area contributed by atoms with Gasteiger partial charge in [-0.05, 0) is 19.8 Å². The van der Waals surface area contributed by atoms with Crippen molar-refractivity contribution in [2.24, 2.45) is 0 Å². The number of hydrogen-bond acceptors (Lipinski definition) is 4. The summed E-state index contributed by atoms with van der Waals surface area (Å²) in [6, 6.07) is 0. The van der Waals surface area contributed by atoms with E-state index in [0.717, 1.165) is 12.8 Å². The van der Waals surface area contributed by atoms with Gasteiger partial charge >= 0.3 is 0 Å². The summed E-state index contributed by atoms with van der Waals surface area (Å²) >= 11 is 0. The van der Waals surface area contributed by atoms with Gasteiger partial charge in [0, 0.05) is 26.1 Å². The highest BCUT2D eigenvalue weighted by Crippen LogP contribution is 2.18. The quantitative estimate of drug-likeness (QED) is 0.632. The van der Waals surface area contributed by atoms with Crippen molar-refractivity contribution in [1.82, 2.24) is 10.6 Å². The molecule has 94 valence electrons. The zero-order valence-electron chi connectivity index (χ0n) is 9.66. The van der Waals surface area contributed by atoms with E-state index < -0.39 is 9.84 Å². The number of sulfone groups is 1. The molecule has 0 aromatic rings. The lowest BCUT2D eigenvalue weighted by Gasteiger charge is -2.10. The summed E-state index contributed by atoms with van der Waals surface area (Å²) in [6.07, 6.45) is 1.92. The Labute approximate surface area is 96.9 Å². The molecule has 1 amide bonds. The van der Waals surface area contributed by atoms with Crippen LogP contribution >= 0.6 is 0 Å². The third kappa shape index (κ3) is 4.09. The molecule has 1 atom stereocenters. The topological polar surface area (TPSA) is 75.3 Å². The molecule has 0 radical (unpaired) electrons. The van der Waals surface area contributed by atoms with Crippen LogP contribution in [0.2, 0.25) is 0 Å². The van der Waals surface area contributed by atoms with E-state index in [1.54, 1.807) is 0 Å². The predicted octanol–water partition coefficient (Wildman–Crippen LogP) is -0.321. The fourth-order valence-corrected chi connectivity index (χ4v) is 3.64. The molecule has 1 fully saturated rings. The average molecular weight is 248 g/mol. The van der Waals surface area contributed by atoms with E-state index in [1.807, 2.05) is 6.92 Å². The normalized spacial score (nSPS) is 23.2. The Morgan fingerprint density at radius 3 is 2.75 bits per heavy atom. The van der Waals surface area contributed by atoms with E-state index in [9.17, 15) is 13.2 Å².